The molecular formula is C11H23N3O3. The average Bonchev–Trinajstić information content (AvgIpc) is 2.46. The highest BCUT2D eigenvalue weighted by atomic mass is 16.2. The maximum absolute atomic E-state index is 10.4. The Morgan fingerprint density at radius 3 is 1.71 bits per heavy atom. The minimum absolute atomic E-state index is 0.483. The van der Waals surface area contributed by atoms with Crippen molar-refractivity contribution < 1.29 is 14.7 Å². The number of rotatable bonds is 4. The summed E-state index contributed by atoms with van der Waals surface area (Å²) >= 11 is 0. The second-order valence-electron chi connectivity index (χ2n) is 3.68. The lowest BCUT2D eigenvalue weighted by Crippen LogP contribution is -2.37. The molecule has 0 atom stereocenters. The molecular weight excluding hydrogens is 222 g/mol. The van der Waals surface area contributed by atoms with E-state index >= 15 is 0 Å². The van der Waals surface area contributed by atoms with E-state index in [2.05, 4.69) is 15.1 Å². The number of carbonyl (C=O) groups is 2. The molecule has 0 aromatic heterocycles. The predicted molar refractivity (Wildman–Crippen MR) is 66.0 cm³/mol. The van der Waals surface area contributed by atoms with E-state index in [4.69, 9.17) is 5.11 Å². The third kappa shape index (κ3) is 7.98. The van der Waals surface area contributed by atoms with Gasteiger partial charge in [0.1, 0.15) is 12.6 Å². The first kappa shape index (κ1) is 16.2. The van der Waals surface area contributed by atoms with Gasteiger partial charge >= 0.3 is 0 Å². The number of nitrogens with one attached hydrogen (secondary N) is 1. The first-order valence-corrected chi connectivity index (χ1v) is 5.84. The molecule has 0 aromatic rings. The summed E-state index contributed by atoms with van der Waals surface area (Å²) in [7, 11) is 1.00. The van der Waals surface area contributed by atoms with Crippen molar-refractivity contribution in [3.8, 4) is 0 Å². The number of aldehydes is 2. The quantitative estimate of drug-likeness (QED) is 0.569. The van der Waals surface area contributed by atoms with Gasteiger partial charge in [-0.05, 0) is 0 Å². The monoisotopic (exact) mass is 245 g/mol. The Labute approximate surface area is 103 Å². The van der Waals surface area contributed by atoms with Gasteiger partial charge in [0.05, 0.1) is 13.1 Å². The number of nitrogens with zero attached hydrogens (tertiary/aromatic N) is 2. The summed E-state index contributed by atoms with van der Waals surface area (Å²) in [6, 6.07) is 0. The highest BCUT2D eigenvalue weighted by Crippen LogP contribution is 1.93. The summed E-state index contributed by atoms with van der Waals surface area (Å²) in [6.45, 7) is 6.28. The lowest BCUT2D eigenvalue weighted by molar-refractivity contribution is -0.110. The van der Waals surface area contributed by atoms with Gasteiger partial charge in [-0.25, -0.2) is 0 Å². The first-order valence-electron chi connectivity index (χ1n) is 5.84. The molecule has 1 heterocycles. The minimum atomic E-state index is 0.483. The number of hydrogen-bond donors (Lipinski definition) is 2. The third-order valence-corrected chi connectivity index (χ3v) is 2.61. The summed E-state index contributed by atoms with van der Waals surface area (Å²) in [6.07, 6.45) is 1.86. The zero-order chi connectivity index (χ0) is 12.9. The van der Waals surface area contributed by atoms with Gasteiger partial charge in [0, 0.05) is 46.4 Å². The Balaban J connectivity index is 0.00000121. The fourth-order valence-electron chi connectivity index (χ4n) is 1.68. The van der Waals surface area contributed by atoms with Crippen LogP contribution in [0.5, 0.6) is 0 Å². The van der Waals surface area contributed by atoms with Crippen LogP contribution in [0.15, 0.2) is 0 Å². The van der Waals surface area contributed by atoms with E-state index in [0.717, 1.165) is 59.0 Å². The molecule has 1 saturated heterocycles. The van der Waals surface area contributed by atoms with Gasteiger partial charge in [0.25, 0.3) is 0 Å². The fourth-order valence-corrected chi connectivity index (χ4v) is 1.68. The van der Waals surface area contributed by atoms with Crippen molar-refractivity contribution >= 4 is 12.6 Å². The average molecular weight is 245 g/mol. The van der Waals surface area contributed by atoms with Crippen LogP contribution in [0.3, 0.4) is 0 Å². The Morgan fingerprint density at radius 2 is 1.35 bits per heavy atom. The van der Waals surface area contributed by atoms with Crippen molar-refractivity contribution in [3.63, 3.8) is 0 Å². The lowest BCUT2D eigenvalue weighted by atomic mass is 10.4. The highest BCUT2D eigenvalue weighted by molar-refractivity contribution is 5.52. The molecule has 0 aromatic carbocycles. The maximum atomic E-state index is 10.4. The minimum Gasteiger partial charge on any atom is -0.400 e. The van der Waals surface area contributed by atoms with Crippen LogP contribution < -0.4 is 5.32 Å². The fraction of sp³-hybridized carbons (Fsp3) is 0.818. The standard InChI is InChI=1S/C10H19N3O2.CH4O/c14-9-7-12-3-1-11-2-4-13(6-5-12)8-10-15;1-2/h9-11H,1-8H2;2H,1H3. The largest absolute Gasteiger partial charge is 0.400 e. The van der Waals surface area contributed by atoms with Gasteiger partial charge in [-0.1, -0.05) is 0 Å². The predicted octanol–water partition coefficient (Wildman–Crippen LogP) is -1.80. The van der Waals surface area contributed by atoms with Crippen LogP contribution in [-0.2, 0) is 9.59 Å². The van der Waals surface area contributed by atoms with Crippen LogP contribution in [0.25, 0.3) is 0 Å². The molecule has 0 bridgehead atoms. The summed E-state index contributed by atoms with van der Waals surface area (Å²) in [5.41, 5.74) is 0. The first-order chi connectivity index (χ1) is 8.36. The van der Waals surface area contributed by atoms with Gasteiger partial charge in [-0.15, -0.1) is 0 Å². The van der Waals surface area contributed by atoms with Crippen LogP contribution in [0.1, 0.15) is 0 Å². The molecule has 100 valence electrons. The molecule has 1 aliphatic rings. The second-order valence-corrected chi connectivity index (χ2v) is 3.68. The Bertz CT molecular complexity index is 182. The van der Waals surface area contributed by atoms with E-state index in [9.17, 15) is 9.59 Å². The summed E-state index contributed by atoms with van der Waals surface area (Å²) in [5.74, 6) is 0. The zero-order valence-electron chi connectivity index (χ0n) is 10.5. The van der Waals surface area contributed by atoms with Gasteiger partial charge in [-0.3, -0.25) is 9.80 Å². The van der Waals surface area contributed by atoms with E-state index in [1.807, 2.05) is 0 Å². The van der Waals surface area contributed by atoms with Crippen molar-refractivity contribution in [1.82, 2.24) is 15.1 Å². The number of carbonyl (C=O) groups excluding carboxylic acids is 2. The lowest BCUT2D eigenvalue weighted by Gasteiger charge is -2.22. The molecule has 0 amide bonds. The van der Waals surface area contributed by atoms with Crippen molar-refractivity contribution in [1.29, 1.82) is 0 Å². The zero-order valence-corrected chi connectivity index (χ0v) is 10.5. The second kappa shape index (κ2) is 11.7. The molecule has 6 heteroatoms. The number of hydrogen-bond acceptors (Lipinski definition) is 6. The SMILES string of the molecule is CO.O=CCN1CCNCCN(CC=O)CC1. The topological polar surface area (TPSA) is 72.9 Å². The molecule has 17 heavy (non-hydrogen) atoms. The maximum Gasteiger partial charge on any atom is 0.133 e. The van der Waals surface area contributed by atoms with Gasteiger partial charge in [0.2, 0.25) is 0 Å². The van der Waals surface area contributed by atoms with Crippen molar-refractivity contribution in [2.75, 3.05) is 59.5 Å². The summed E-state index contributed by atoms with van der Waals surface area (Å²) in [4.78, 5) is 25.1. The highest BCUT2D eigenvalue weighted by Gasteiger charge is 2.10. The molecule has 6 nitrogen and oxygen atoms in total. The van der Waals surface area contributed by atoms with Crippen LogP contribution in [0.4, 0.5) is 0 Å². The number of aliphatic hydroxyl groups is 1. The van der Waals surface area contributed by atoms with Crippen molar-refractivity contribution in [2.24, 2.45) is 0 Å². The van der Waals surface area contributed by atoms with Crippen molar-refractivity contribution in [2.45, 2.75) is 0 Å². The molecule has 0 unspecified atom stereocenters. The molecule has 1 fully saturated rings. The van der Waals surface area contributed by atoms with E-state index in [-0.39, 0.29) is 0 Å². The molecule has 0 saturated carbocycles. The van der Waals surface area contributed by atoms with Crippen LogP contribution >= 0.6 is 0 Å². The van der Waals surface area contributed by atoms with Crippen molar-refractivity contribution in [3.05, 3.63) is 0 Å². The van der Waals surface area contributed by atoms with Crippen LogP contribution in [0.2, 0.25) is 0 Å². The molecule has 1 rings (SSSR count). The molecule has 2 N–H and O–H groups in total. The van der Waals surface area contributed by atoms with E-state index in [1.165, 1.54) is 0 Å². The van der Waals surface area contributed by atoms with E-state index in [1.54, 1.807) is 0 Å². The molecule has 0 aliphatic carbocycles. The van der Waals surface area contributed by atoms with Gasteiger partial charge in [-0.2, -0.15) is 0 Å². The Hall–Kier alpha value is -0.820. The summed E-state index contributed by atoms with van der Waals surface area (Å²) in [5, 5.41) is 10.3. The smallest absolute Gasteiger partial charge is 0.133 e. The van der Waals surface area contributed by atoms with Gasteiger partial charge < -0.3 is 20.0 Å². The molecule has 0 spiro atoms. The summed E-state index contributed by atoms with van der Waals surface area (Å²) < 4.78 is 0. The van der Waals surface area contributed by atoms with Crippen LogP contribution in [-0.4, -0.2) is 86.9 Å². The number of aliphatic hydroxyl groups excluding tert-OH is 1. The van der Waals surface area contributed by atoms with E-state index < -0.39 is 0 Å². The molecule has 0 radical (unpaired) electrons. The Kier molecular flexibility index (Phi) is 11.1. The van der Waals surface area contributed by atoms with Crippen LogP contribution in [0, 0.1) is 0 Å². The van der Waals surface area contributed by atoms with E-state index in [0.29, 0.717) is 13.1 Å². The third-order valence-electron chi connectivity index (χ3n) is 2.61. The molecule has 1 aliphatic heterocycles. The Morgan fingerprint density at radius 1 is 0.941 bits per heavy atom. The van der Waals surface area contributed by atoms with Gasteiger partial charge in [0.15, 0.2) is 0 Å². The normalized spacial score (nSPS) is 19.2.